The summed E-state index contributed by atoms with van der Waals surface area (Å²) in [6.07, 6.45) is 8.21. The lowest BCUT2D eigenvalue weighted by molar-refractivity contribution is 0.0693. The molecule has 7 heteroatoms. The molecule has 0 saturated heterocycles. The molecule has 3 aromatic rings. The third-order valence-corrected chi connectivity index (χ3v) is 3.31. The first-order chi connectivity index (χ1) is 10.1. The summed E-state index contributed by atoms with van der Waals surface area (Å²) in [7, 11) is 0. The van der Waals surface area contributed by atoms with Gasteiger partial charge in [0, 0.05) is 18.6 Å². The predicted molar refractivity (Wildman–Crippen MR) is 74.5 cm³/mol. The second kappa shape index (κ2) is 4.86. The van der Waals surface area contributed by atoms with Crippen molar-refractivity contribution in [3.05, 3.63) is 64.2 Å². The van der Waals surface area contributed by atoms with Crippen LogP contribution in [0.3, 0.4) is 0 Å². The van der Waals surface area contributed by atoms with Crippen LogP contribution in [0.15, 0.2) is 41.8 Å². The Labute approximate surface area is 119 Å². The molecule has 0 aromatic carbocycles. The number of carboxylic acids is 1. The minimum atomic E-state index is -1.21. The number of fused-ring (bicyclic) bond motifs is 1. The molecule has 21 heavy (non-hydrogen) atoms. The van der Waals surface area contributed by atoms with E-state index in [-0.39, 0.29) is 12.1 Å². The van der Waals surface area contributed by atoms with Crippen molar-refractivity contribution in [3.8, 4) is 0 Å². The van der Waals surface area contributed by atoms with E-state index in [9.17, 15) is 9.59 Å². The monoisotopic (exact) mass is 284 g/mol. The van der Waals surface area contributed by atoms with Gasteiger partial charge in [-0.25, -0.2) is 9.78 Å². The number of pyridine rings is 1. The molecule has 0 aliphatic heterocycles. The first kappa shape index (κ1) is 13.0. The first-order valence-corrected chi connectivity index (χ1v) is 6.27. The Morgan fingerprint density at radius 3 is 2.90 bits per heavy atom. The highest BCUT2D eigenvalue weighted by Gasteiger charge is 2.15. The number of carboxylic acid groups (broad SMARTS) is 1. The molecule has 3 rings (SSSR count). The van der Waals surface area contributed by atoms with E-state index in [2.05, 4.69) is 9.97 Å². The van der Waals surface area contributed by atoms with Crippen molar-refractivity contribution in [1.82, 2.24) is 18.9 Å². The Hall–Kier alpha value is -2.96. The third kappa shape index (κ3) is 2.18. The summed E-state index contributed by atoms with van der Waals surface area (Å²) in [5.74, 6) is -1.21. The molecule has 3 heterocycles. The minimum Gasteiger partial charge on any atom is -0.477 e. The molecular formula is C14H12N4O3. The van der Waals surface area contributed by atoms with Crippen molar-refractivity contribution in [1.29, 1.82) is 0 Å². The topological polar surface area (TPSA) is 89.5 Å². The normalized spacial score (nSPS) is 10.9. The summed E-state index contributed by atoms with van der Waals surface area (Å²) in [5.41, 5.74) is 1.17. The van der Waals surface area contributed by atoms with E-state index in [0.29, 0.717) is 11.2 Å². The fourth-order valence-electron chi connectivity index (χ4n) is 2.24. The second-order valence-corrected chi connectivity index (χ2v) is 4.67. The summed E-state index contributed by atoms with van der Waals surface area (Å²) >= 11 is 0. The molecule has 0 unspecified atom stereocenters. The Kier molecular flexibility index (Phi) is 3.02. The quantitative estimate of drug-likeness (QED) is 0.773. The van der Waals surface area contributed by atoms with Gasteiger partial charge in [0.25, 0.3) is 5.56 Å². The average Bonchev–Trinajstić information content (AvgIpc) is 2.85. The lowest BCUT2D eigenvalue weighted by atomic mass is 10.1. The largest absolute Gasteiger partial charge is 0.477 e. The molecule has 3 aromatic heterocycles. The molecule has 0 saturated carbocycles. The molecule has 0 amide bonds. The van der Waals surface area contributed by atoms with Crippen molar-refractivity contribution >= 4 is 11.6 Å². The lowest BCUT2D eigenvalue weighted by Gasteiger charge is -2.08. The van der Waals surface area contributed by atoms with Gasteiger partial charge in [0.2, 0.25) is 0 Å². The number of aryl methyl sites for hydroxylation is 1. The number of nitrogens with zero attached hydrogens (tertiary/aromatic N) is 4. The SMILES string of the molecule is Cc1ccn(Cc2cnc3cnccn23)c(=O)c1C(=O)O. The van der Waals surface area contributed by atoms with Gasteiger partial charge in [-0.1, -0.05) is 0 Å². The van der Waals surface area contributed by atoms with E-state index in [1.165, 1.54) is 4.57 Å². The third-order valence-electron chi connectivity index (χ3n) is 3.31. The van der Waals surface area contributed by atoms with E-state index in [0.717, 1.165) is 5.69 Å². The number of imidazole rings is 1. The molecule has 0 aliphatic rings. The summed E-state index contributed by atoms with van der Waals surface area (Å²) < 4.78 is 3.17. The van der Waals surface area contributed by atoms with Gasteiger partial charge in [-0.2, -0.15) is 0 Å². The molecule has 0 bridgehead atoms. The molecule has 0 aliphatic carbocycles. The summed E-state index contributed by atoms with van der Waals surface area (Å²) in [6, 6.07) is 1.62. The summed E-state index contributed by atoms with van der Waals surface area (Å²) in [5, 5.41) is 9.13. The standard InChI is InChI=1S/C14H12N4O3/c1-9-2-4-17(13(19)12(9)14(20)21)8-10-6-16-11-7-15-3-5-18(10)11/h2-7H,8H2,1H3,(H,20,21). The molecule has 0 radical (unpaired) electrons. The van der Waals surface area contributed by atoms with Gasteiger partial charge in [-0.3, -0.25) is 14.2 Å². The van der Waals surface area contributed by atoms with Crippen molar-refractivity contribution in [3.63, 3.8) is 0 Å². The van der Waals surface area contributed by atoms with E-state index in [1.807, 2.05) is 0 Å². The van der Waals surface area contributed by atoms with Crippen LogP contribution in [0, 0.1) is 6.92 Å². The summed E-state index contributed by atoms with van der Waals surface area (Å²) in [4.78, 5) is 31.6. The highest BCUT2D eigenvalue weighted by Crippen LogP contribution is 2.07. The van der Waals surface area contributed by atoms with Crippen LogP contribution in [0.25, 0.3) is 5.65 Å². The Morgan fingerprint density at radius 1 is 1.33 bits per heavy atom. The minimum absolute atomic E-state index is 0.201. The van der Waals surface area contributed by atoms with E-state index in [4.69, 9.17) is 5.11 Å². The zero-order valence-electron chi connectivity index (χ0n) is 11.2. The Morgan fingerprint density at radius 2 is 2.14 bits per heavy atom. The maximum absolute atomic E-state index is 12.2. The maximum Gasteiger partial charge on any atom is 0.341 e. The molecule has 0 atom stereocenters. The zero-order chi connectivity index (χ0) is 15.0. The van der Waals surface area contributed by atoms with Gasteiger partial charge in [0.1, 0.15) is 5.56 Å². The fraction of sp³-hybridized carbons (Fsp3) is 0.143. The predicted octanol–water partition coefficient (Wildman–Crippen LogP) is 0.946. The van der Waals surface area contributed by atoms with E-state index < -0.39 is 11.5 Å². The van der Waals surface area contributed by atoms with Crippen LogP contribution in [-0.2, 0) is 6.54 Å². The molecule has 0 fully saturated rings. The molecule has 106 valence electrons. The van der Waals surface area contributed by atoms with Crippen LogP contribution < -0.4 is 5.56 Å². The van der Waals surface area contributed by atoms with Crippen molar-refractivity contribution < 1.29 is 9.90 Å². The molecular weight excluding hydrogens is 272 g/mol. The van der Waals surface area contributed by atoms with Gasteiger partial charge in [-0.15, -0.1) is 0 Å². The zero-order valence-corrected chi connectivity index (χ0v) is 11.2. The van der Waals surface area contributed by atoms with Gasteiger partial charge in [-0.05, 0) is 18.6 Å². The van der Waals surface area contributed by atoms with Crippen LogP contribution in [0.2, 0.25) is 0 Å². The Bertz CT molecular complexity index is 895. The van der Waals surface area contributed by atoms with Crippen LogP contribution >= 0.6 is 0 Å². The number of aromatic nitrogens is 4. The Balaban J connectivity index is 2.09. The number of rotatable bonds is 3. The second-order valence-electron chi connectivity index (χ2n) is 4.67. The van der Waals surface area contributed by atoms with Gasteiger partial charge >= 0.3 is 5.97 Å². The van der Waals surface area contributed by atoms with Crippen LogP contribution in [-0.4, -0.2) is 30.0 Å². The number of carbonyl (C=O) groups is 1. The van der Waals surface area contributed by atoms with Crippen molar-refractivity contribution in [2.45, 2.75) is 13.5 Å². The van der Waals surface area contributed by atoms with Gasteiger partial charge in [0.05, 0.1) is 24.6 Å². The average molecular weight is 284 g/mol. The van der Waals surface area contributed by atoms with E-state index >= 15 is 0 Å². The van der Waals surface area contributed by atoms with Crippen LogP contribution in [0.1, 0.15) is 21.6 Å². The molecule has 1 N–H and O–H groups in total. The first-order valence-electron chi connectivity index (χ1n) is 6.27. The highest BCUT2D eigenvalue weighted by molar-refractivity contribution is 5.88. The highest BCUT2D eigenvalue weighted by atomic mass is 16.4. The van der Waals surface area contributed by atoms with Crippen molar-refractivity contribution in [2.75, 3.05) is 0 Å². The maximum atomic E-state index is 12.2. The number of hydrogen-bond donors (Lipinski definition) is 1. The smallest absolute Gasteiger partial charge is 0.341 e. The van der Waals surface area contributed by atoms with Crippen LogP contribution in [0.4, 0.5) is 0 Å². The van der Waals surface area contributed by atoms with Crippen LogP contribution in [0.5, 0.6) is 0 Å². The van der Waals surface area contributed by atoms with Crippen molar-refractivity contribution in [2.24, 2.45) is 0 Å². The molecule has 0 spiro atoms. The molecule has 7 nitrogen and oxygen atoms in total. The lowest BCUT2D eigenvalue weighted by Crippen LogP contribution is -2.27. The number of aromatic carboxylic acids is 1. The van der Waals surface area contributed by atoms with E-state index in [1.54, 1.807) is 48.4 Å². The van der Waals surface area contributed by atoms with Gasteiger partial charge in [0.15, 0.2) is 5.65 Å². The summed E-state index contributed by atoms with van der Waals surface area (Å²) in [6.45, 7) is 1.85. The fourth-order valence-corrected chi connectivity index (χ4v) is 2.24. The van der Waals surface area contributed by atoms with Gasteiger partial charge < -0.3 is 9.67 Å². The number of hydrogen-bond acceptors (Lipinski definition) is 4.